The quantitative estimate of drug-likeness (QED) is 0.839. The van der Waals surface area contributed by atoms with E-state index in [1.165, 1.54) is 16.7 Å². The number of hydrogen-bond donors (Lipinski definition) is 1. The van der Waals surface area contributed by atoms with Gasteiger partial charge in [0.1, 0.15) is 5.60 Å². The molecule has 3 aliphatic rings. The Morgan fingerprint density at radius 3 is 2.54 bits per heavy atom. The van der Waals surface area contributed by atoms with Gasteiger partial charge < -0.3 is 9.84 Å². The summed E-state index contributed by atoms with van der Waals surface area (Å²) in [6.07, 6.45) is 2.78. The molecule has 3 aliphatic carbocycles. The van der Waals surface area contributed by atoms with Crippen molar-refractivity contribution in [2.24, 2.45) is 11.8 Å². The molecular weight excluding hydrogens is 300 g/mol. The first-order chi connectivity index (χ1) is 11.2. The lowest BCUT2D eigenvalue weighted by Gasteiger charge is -2.50. The van der Waals surface area contributed by atoms with Crippen LogP contribution < -0.4 is 0 Å². The lowest BCUT2D eigenvalue weighted by molar-refractivity contribution is -0.164. The molecule has 2 bridgehead atoms. The van der Waals surface area contributed by atoms with E-state index in [2.05, 4.69) is 19.1 Å². The van der Waals surface area contributed by atoms with Crippen molar-refractivity contribution in [1.29, 1.82) is 0 Å². The Morgan fingerprint density at radius 2 is 1.92 bits per heavy atom. The fourth-order valence-electron chi connectivity index (χ4n) is 4.45. The van der Waals surface area contributed by atoms with Gasteiger partial charge in [0.05, 0.1) is 12.0 Å². The largest absolute Gasteiger partial charge is 0.460 e. The second-order valence-corrected chi connectivity index (χ2v) is 8.36. The minimum atomic E-state index is -0.990. The molecule has 3 nitrogen and oxygen atoms in total. The van der Waals surface area contributed by atoms with Crippen molar-refractivity contribution in [3.63, 3.8) is 0 Å². The van der Waals surface area contributed by atoms with Gasteiger partial charge in [0.15, 0.2) is 0 Å². The normalized spacial score (nSPS) is 29.7. The van der Waals surface area contributed by atoms with Crippen molar-refractivity contribution in [3.05, 3.63) is 41.5 Å². The highest BCUT2D eigenvalue weighted by atomic mass is 16.6. The van der Waals surface area contributed by atoms with Crippen LogP contribution in [0.2, 0.25) is 0 Å². The zero-order valence-corrected chi connectivity index (χ0v) is 15.1. The molecule has 3 heteroatoms. The molecule has 3 atom stereocenters. The molecule has 0 radical (unpaired) electrons. The van der Waals surface area contributed by atoms with Gasteiger partial charge >= 0.3 is 5.97 Å². The van der Waals surface area contributed by atoms with Crippen LogP contribution >= 0.6 is 0 Å². The van der Waals surface area contributed by atoms with Gasteiger partial charge in [-0.1, -0.05) is 35.9 Å². The minimum absolute atomic E-state index is 0.0115. The van der Waals surface area contributed by atoms with Crippen molar-refractivity contribution in [1.82, 2.24) is 0 Å². The predicted octanol–water partition coefficient (Wildman–Crippen LogP) is 4.35. The number of ether oxygens (including phenoxy) is 1. The summed E-state index contributed by atoms with van der Waals surface area (Å²) in [5, 5.41) is 11.3. The number of rotatable bonds is 3. The summed E-state index contributed by atoms with van der Waals surface area (Å²) >= 11 is 0. The number of carbonyl (C=O) groups excluding carboxylic acids is 1. The number of fused-ring (bicyclic) bond motifs is 2. The fourth-order valence-corrected chi connectivity index (χ4v) is 4.45. The summed E-state index contributed by atoms with van der Waals surface area (Å²) in [6.45, 7) is 7.77. The number of esters is 1. The van der Waals surface area contributed by atoms with Crippen LogP contribution in [0.1, 0.15) is 58.9 Å². The van der Waals surface area contributed by atoms with Gasteiger partial charge in [-0.2, -0.15) is 0 Å². The molecule has 0 aromatic heterocycles. The van der Waals surface area contributed by atoms with E-state index in [0.717, 1.165) is 12.8 Å². The first kappa shape index (κ1) is 17.2. The molecule has 24 heavy (non-hydrogen) atoms. The van der Waals surface area contributed by atoms with Gasteiger partial charge in [-0.15, -0.1) is 0 Å². The van der Waals surface area contributed by atoms with Crippen LogP contribution in [-0.2, 0) is 9.53 Å². The molecule has 130 valence electrons. The average molecular weight is 328 g/mol. The smallest absolute Gasteiger partial charge is 0.309 e. The Balaban J connectivity index is 1.89. The fraction of sp³-hybridized carbons (Fsp3) is 0.571. The maximum absolute atomic E-state index is 12.3. The zero-order chi connectivity index (χ0) is 17.5. The third-order valence-corrected chi connectivity index (χ3v) is 5.39. The molecule has 0 saturated heterocycles. The monoisotopic (exact) mass is 328 g/mol. The molecular formula is C21H28O3. The van der Waals surface area contributed by atoms with Crippen LogP contribution in [0, 0.1) is 11.8 Å². The van der Waals surface area contributed by atoms with Crippen molar-refractivity contribution in [2.45, 2.75) is 64.6 Å². The van der Waals surface area contributed by atoms with Gasteiger partial charge in [-0.25, -0.2) is 0 Å². The highest BCUT2D eigenvalue weighted by Crippen LogP contribution is 2.54. The summed E-state index contributed by atoms with van der Waals surface area (Å²) in [5.74, 6) is 0.0673. The van der Waals surface area contributed by atoms with Crippen molar-refractivity contribution in [2.75, 3.05) is 0 Å². The van der Waals surface area contributed by atoms with Crippen LogP contribution in [-0.4, -0.2) is 22.3 Å². The molecule has 1 aromatic carbocycles. The molecule has 1 fully saturated rings. The van der Waals surface area contributed by atoms with E-state index in [-0.39, 0.29) is 18.3 Å². The third-order valence-electron chi connectivity index (χ3n) is 5.39. The number of aliphatic hydroxyl groups is 1. The van der Waals surface area contributed by atoms with Crippen LogP contribution in [0.5, 0.6) is 0 Å². The summed E-state index contributed by atoms with van der Waals surface area (Å²) < 4.78 is 5.47. The van der Waals surface area contributed by atoms with E-state index in [0.29, 0.717) is 12.3 Å². The predicted molar refractivity (Wildman–Crippen MR) is 95.3 cm³/mol. The van der Waals surface area contributed by atoms with Gasteiger partial charge in [-0.05, 0) is 64.0 Å². The third kappa shape index (κ3) is 3.27. The lowest BCUT2D eigenvalue weighted by Crippen LogP contribution is -2.50. The Morgan fingerprint density at radius 1 is 1.25 bits per heavy atom. The molecule has 0 unspecified atom stereocenters. The number of allylic oxidation sites excluding steroid dienone is 1. The van der Waals surface area contributed by atoms with Crippen molar-refractivity contribution >= 4 is 11.5 Å². The van der Waals surface area contributed by atoms with Crippen LogP contribution in [0.15, 0.2) is 35.9 Å². The molecule has 0 amide bonds. The van der Waals surface area contributed by atoms with Crippen molar-refractivity contribution < 1.29 is 14.6 Å². The number of hydrogen-bond acceptors (Lipinski definition) is 3. The molecule has 1 N–H and O–H groups in total. The maximum Gasteiger partial charge on any atom is 0.309 e. The minimum Gasteiger partial charge on any atom is -0.460 e. The number of benzene rings is 1. The highest BCUT2D eigenvalue weighted by Gasteiger charge is 2.50. The summed E-state index contributed by atoms with van der Waals surface area (Å²) in [7, 11) is 0. The van der Waals surface area contributed by atoms with E-state index >= 15 is 0 Å². The van der Waals surface area contributed by atoms with E-state index in [1.54, 1.807) is 0 Å². The highest BCUT2D eigenvalue weighted by molar-refractivity contribution is 5.77. The van der Waals surface area contributed by atoms with E-state index in [1.807, 2.05) is 39.0 Å². The summed E-state index contributed by atoms with van der Waals surface area (Å²) in [6, 6.07) is 10.3. The second kappa shape index (κ2) is 6.03. The Bertz CT molecular complexity index is 653. The Hall–Kier alpha value is -1.61. The first-order valence-electron chi connectivity index (χ1n) is 8.90. The summed E-state index contributed by atoms with van der Waals surface area (Å²) in [4.78, 5) is 12.3. The van der Waals surface area contributed by atoms with Crippen molar-refractivity contribution in [3.8, 4) is 0 Å². The van der Waals surface area contributed by atoms with Gasteiger partial charge in [0, 0.05) is 5.92 Å². The van der Waals surface area contributed by atoms with E-state index < -0.39 is 11.2 Å². The number of carbonyl (C=O) groups is 1. The Kier molecular flexibility index (Phi) is 4.33. The van der Waals surface area contributed by atoms with Crippen LogP contribution in [0.25, 0.3) is 5.57 Å². The molecule has 0 spiro atoms. The Labute approximate surface area is 144 Å². The molecule has 1 saturated carbocycles. The van der Waals surface area contributed by atoms with E-state index in [4.69, 9.17) is 4.74 Å². The van der Waals surface area contributed by atoms with Crippen LogP contribution in [0.3, 0.4) is 0 Å². The molecule has 1 aromatic rings. The zero-order valence-electron chi connectivity index (χ0n) is 15.1. The molecule has 4 rings (SSSR count). The topological polar surface area (TPSA) is 46.5 Å². The molecule has 0 aliphatic heterocycles. The van der Waals surface area contributed by atoms with Gasteiger partial charge in [0.2, 0.25) is 0 Å². The maximum atomic E-state index is 12.3. The molecule has 0 heterocycles. The average Bonchev–Trinajstić information content (AvgIpc) is 2.47. The first-order valence-corrected chi connectivity index (χ1v) is 8.90. The van der Waals surface area contributed by atoms with Crippen LogP contribution in [0.4, 0.5) is 0 Å². The standard InChI is InChI=1S/C21H28O3/c1-14-16-10-11-17(19(14)15-8-6-5-7-9-15)21(23,12-16)13-18(22)24-20(2,3)4/h5-9,16-17,23H,10-13H2,1-4H3/t16-,17-,21+/m1/s1. The lowest BCUT2D eigenvalue weighted by atomic mass is 9.57. The summed E-state index contributed by atoms with van der Waals surface area (Å²) in [5.41, 5.74) is 2.29. The van der Waals surface area contributed by atoms with Gasteiger partial charge in [0.25, 0.3) is 0 Å². The second-order valence-electron chi connectivity index (χ2n) is 8.36. The van der Waals surface area contributed by atoms with Gasteiger partial charge in [-0.3, -0.25) is 4.79 Å². The van der Waals surface area contributed by atoms with E-state index in [9.17, 15) is 9.90 Å². The SMILES string of the molecule is CC1=C(c2ccccc2)[C@H]2CC[C@@H]1C[C@]2(O)CC(=O)OC(C)(C)C.